The molecule has 0 aliphatic rings. The molecule has 0 atom stereocenters. The molecule has 1 rings (SSSR count). The van der Waals surface area contributed by atoms with Crippen molar-refractivity contribution in [2.75, 3.05) is 25.5 Å². The molecule has 19 heavy (non-hydrogen) atoms. The van der Waals surface area contributed by atoms with Gasteiger partial charge >= 0.3 is 5.97 Å². The maximum atomic E-state index is 11.7. The highest BCUT2D eigenvalue weighted by molar-refractivity contribution is 5.93. The molecule has 1 aromatic rings. The van der Waals surface area contributed by atoms with Crippen molar-refractivity contribution in [3.63, 3.8) is 0 Å². The van der Waals surface area contributed by atoms with Crippen molar-refractivity contribution in [2.24, 2.45) is 0 Å². The lowest BCUT2D eigenvalue weighted by atomic mass is 10.2. The topological polar surface area (TPSA) is 87.7 Å². The fraction of sp³-hybridized carbons (Fsp3) is 0.385. The van der Waals surface area contributed by atoms with Gasteiger partial charge in [-0.05, 0) is 24.6 Å². The molecule has 0 saturated carbocycles. The van der Waals surface area contributed by atoms with E-state index in [9.17, 15) is 9.59 Å². The van der Waals surface area contributed by atoms with E-state index in [0.717, 1.165) is 5.56 Å². The third kappa shape index (κ3) is 5.39. The molecule has 0 heterocycles. The first-order chi connectivity index (χ1) is 9.02. The monoisotopic (exact) mass is 266 g/mol. The van der Waals surface area contributed by atoms with E-state index in [1.54, 1.807) is 6.07 Å². The Labute approximate surface area is 111 Å². The number of hydrogen-bond acceptors (Lipinski definition) is 4. The van der Waals surface area contributed by atoms with Crippen LogP contribution in [-0.2, 0) is 9.59 Å². The Bertz CT molecular complexity index is 460. The number of aryl methyl sites for hydroxylation is 1. The van der Waals surface area contributed by atoms with E-state index >= 15 is 0 Å². The molecule has 0 spiro atoms. The molecule has 0 aromatic heterocycles. The van der Waals surface area contributed by atoms with E-state index < -0.39 is 5.97 Å². The van der Waals surface area contributed by atoms with Gasteiger partial charge in [-0.3, -0.25) is 9.59 Å². The van der Waals surface area contributed by atoms with Crippen LogP contribution < -0.4 is 15.4 Å². The second-order valence-electron chi connectivity index (χ2n) is 4.07. The SMILES string of the molecule is COc1ccc(C)cc1NC(=O)CNCCC(=O)O. The lowest BCUT2D eigenvalue weighted by Crippen LogP contribution is -2.29. The van der Waals surface area contributed by atoms with Crippen LogP contribution in [0.5, 0.6) is 5.75 Å². The minimum Gasteiger partial charge on any atom is -0.495 e. The first-order valence-corrected chi connectivity index (χ1v) is 5.90. The van der Waals surface area contributed by atoms with Gasteiger partial charge in [-0.2, -0.15) is 0 Å². The van der Waals surface area contributed by atoms with Crippen LogP contribution in [-0.4, -0.2) is 37.2 Å². The van der Waals surface area contributed by atoms with Crippen LogP contribution >= 0.6 is 0 Å². The minimum atomic E-state index is -0.895. The lowest BCUT2D eigenvalue weighted by Gasteiger charge is -2.11. The molecular formula is C13H18N2O4. The Morgan fingerprint density at radius 1 is 1.37 bits per heavy atom. The standard InChI is InChI=1S/C13H18N2O4/c1-9-3-4-11(19-2)10(7-9)15-12(16)8-14-6-5-13(17)18/h3-4,7,14H,5-6,8H2,1-2H3,(H,15,16)(H,17,18). The van der Waals surface area contributed by atoms with Crippen LogP contribution in [0.4, 0.5) is 5.69 Å². The Hall–Kier alpha value is -2.08. The molecule has 1 aromatic carbocycles. The van der Waals surface area contributed by atoms with E-state index in [4.69, 9.17) is 9.84 Å². The number of nitrogens with one attached hydrogen (secondary N) is 2. The van der Waals surface area contributed by atoms with Gasteiger partial charge in [0.15, 0.2) is 0 Å². The van der Waals surface area contributed by atoms with Gasteiger partial charge in [-0.15, -0.1) is 0 Å². The zero-order valence-electron chi connectivity index (χ0n) is 11.0. The van der Waals surface area contributed by atoms with Crippen LogP contribution in [0.3, 0.4) is 0 Å². The fourth-order valence-corrected chi connectivity index (χ4v) is 1.51. The summed E-state index contributed by atoms with van der Waals surface area (Å²) in [7, 11) is 1.53. The summed E-state index contributed by atoms with van der Waals surface area (Å²) in [5.74, 6) is -0.549. The number of ether oxygens (including phenoxy) is 1. The van der Waals surface area contributed by atoms with Crippen molar-refractivity contribution in [2.45, 2.75) is 13.3 Å². The highest BCUT2D eigenvalue weighted by Gasteiger charge is 2.07. The van der Waals surface area contributed by atoms with Gasteiger partial charge in [0, 0.05) is 6.54 Å². The summed E-state index contributed by atoms with van der Waals surface area (Å²) in [6.45, 7) is 2.23. The number of aliphatic carboxylic acids is 1. The van der Waals surface area contributed by atoms with Crippen LogP contribution in [0.1, 0.15) is 12.0 Å². The van der Waals surface area contributed by atoms with Crippen LogP contribution in [0.15, 0.2) is 18.2 Å². The molecule has 0 bridgehead atoms. The molecule has 6 heteroatoms. The van der Waals surface area contributed by atoms with Crippen LogP contribution in [0.2, 0.25) is 0 Å². The van der Waals surface area contributed by atoms with Gasteiger partial charge in [0.05, 0.1) is 25.8 Å². The summed E-state index contributed by atoms with van der Waals surface area (Å²) in [4.78, 5) is 22.0. The average molecular weight is 266 g/mol. The number of benzene rings is 1. The highest BCUT2D eigenvalue weighted by atomic mass is 16.5. The molecular weight excluding hydrogens is 248 g/mol. The fourth-order valence-electron chi connectivity index (χ4n) is 1.51. The number of carbonyl (C=O) groups excluding carboxylic acids is 1. The summed E-state index contributed by atoms with van der Waals surface area (Å²) in [5.41, 5.74) is 1.61. The molecule has 3 N–H and O–H groups in total. The predicted octanol–water partition coefficient (Wildman–Crippen LogP) is 1.01. The van der Waals surface area contributed by atoms with Gasteiger partial charge in [0.2, 0.25) is 5.91 Å². The molecule has 0 unspecified atom stereocenters. The number of carboxylic acids is 1. The lowest BCUT2D eigenvalue weighted by molar-refractivity contribution is -0.137. The quantitative estimate of drug-likeness (QED) is 0.641. The van der Waals surface area contributed by atoms with E-state index in [1.807, 2.05) is 19.1 Å². The van der Waals surface area contributed by atoms with Crippen LogP contribution in [0.25, 0.3) is 0 Å². The van der Waals surface area contributed by atoms with Gasteiger partial charge in [-0.1, -0.05) is 6.07 Å². The van der Waals surface area contributed by atoms with Crippen molar-refractivity contribution in [3.05, 3.63) is 23.8 Å². The van der Waals surface area contributed by atoms with Crippen molar-refractivity contribution in [1.82, 2.24) is 5.32 Å². The smallest absolute Gasteiger partial charge is 0.304 e. The summed E-state index contributed by atoms with van der Waals surface area (Å²) in [5, 5.41) is 13.9. The van der Waals surface area contributed by atoms with E-state index in [2.05, 4.69) is 10.6 Å². The van der Waals surface area contributed by atoms with Gasteiger partial charge in [0.1, 0.15) is 5.75 Å². The minimum absolute atomic E-state index is 0.0129. The molecule has 6 nitrogen and oxygen atoms in total. The Morgan fingerprint density at radius 3 is 2.74 bits per heavy atom. The van der Waals surface area contributed by atoms with E-state index in [-0.39, 0.29) is 25.4 Å². The number of amides is 1. The number of anilines is 1. The molecule has 1 amide bonds. The normalized spacial score (nSPS) is 10.0. The molecule has 0 aliphatic carbocycles. The second-order valence-corrected chi connectivity index (χ2v) is 4.07. The first kappa shape index (κ1) is 15.0. The number of hydrogen-bond donors (Lipinski definition) is 3. The van der Waals surface area contributed by atoms with Gasteiger partial charge in [-0.25, -0.2) is 0 Å². The van der Waals surface area contributed by atoms with E-state index in [0.29, 0.717) is 11.4 Å². The first-order valence-electron chi connectivity index (χ1n) is 5.90. The van der Waals surface area contributed by atoms with Gasteiger partial charge in [0.25, 0.3) is 0 Å². The molecule has 104 valence electrons. The summed E-state index contributed by atoms with van der Waals surface area (Å²) >= 11 is 0. The largest absolute Gasteiger partial charge is 0.495 e. The Balaban J connectivity index is 2.47. The average Bonchev–Trinajstić information content (AvgIpc) is 2.35. The number of carbonyl (C=O) groups is 2. The molecule has 0 saturated heterocycles. The maximum absolute atomic E-state index is 11.7. The second kappa shape index (κ2) is 7.38. The summed E-state index contributed by atoms with van der Waals surface area (Å²) in [6, 6.07) is 5.48. The third-order valence-electron chi connectivity index (χ3n) is 2.43. The Kier molecular flexibility index (Phi) is 5.81. The predicted molar refractivity (Wildman–Crippen MR) is 71.5 cm³/mol. The Morgan fingerprint density at radius 2 is 2.11 bits per heavy atom. The maximum Gasteiger partial charge on any atom is 0.304 e. The summed E-state index contributed by atoms with van der Waals surface area (Å²) < 4.78 is 5.15. The van der Waals surface area contributed by atoms with Gasteiger partial charge < -0.3 is 20.5 Å². The zero-order valence-corrected chi connectivity index (χ0v) is 11.0. The number of carboxylic acid groups (broad SMARTS) is 1. The highest BCUT2D eigenvalue weighted by Crippen LogP contribution is 2.24. The van der Waals surface area contributed by atoms with Crippen molar-refractivity contribution < 1.29 is 19.4 Å². The number of methoxy groups -OCH3 is 1. The van der Waals surface area contributed by atoms with E-state index in [1.165, 1.54) is 7.11 Å². The van der Waals surface area contributed by atoms with Crippen LogP contribution in [0, 0.1) is 6.92 Å². The van der Waals surface area contributed by atoms with Crippen molar-refractivity contribution in [1.29, 1.82) is 0 Å². The zero-order chi connectivity index (χ0) is 14.3. The summed E-state index contributed by atoms with van der Waals surface area (Å²) in [6.07, 6.45) is -0.0129. The van der Waals surface area contributed by atoms with Crippen molar-refractivity contribution in [3.8, 4) is 5.75 Å². The molecule has 0 aliphatic heterocycles. The third-order valence-corrected chi connectivity index (χ3v) is 2.43. The number of rotatable bonds is 7. The molecule has 0 fully saturated rings. The van der Waals surface area contributed by atoms with Crippen molar-refractivity contribution >= 4 is 17.6 Å². The molecule has 0 radical (unpaired) electrons.